The average Bonchev–Trinajstić information content (AvgIpc) is 3.40. The largest absolute Gasteiger partial charge is 0.456 e. The summed E-state index contributed by atoms with van der Waals surface area (Å²) in [4.78, 5) is 27.4. The van der Waals surface area contributed by atoms with Gasteiger partial charge in [-0.1, -0.05) is 268 Å². The van der Waals surface area contributed by atoms with E-state index in [4.69, 9.17) is 23.7 Å². The zero-order valence-electron chi connectivity index (χ0n) is 45.5. The fourth-order valence-corrected chi connectivity index (χ4v) is 10.4. The van der Waals surface area contributed by atoms with Crippen LogP contribution >= 0.6 is 0 Å². The predicted octanol–water partition coefficient (Wildman–Crippen LogP) is 15.4. The molecule has 10 nitrogen and oxygen atoms in total. The quantitative estimate of drug-likeness (QED) is 0.0438. The molecule has 4 rings (SSSR count). The molecule has 8 atom stereocenters. The maximum atomic E-state index is 13.7. The fraction of sp³-hybridized carbons (Fsp3) is 0.774. The Morgan fingerprint density at radius 3 is 1.46 bits per heavy atom. The van der Waals surface area contributed by atoms with Gasteiger partial charge in [-0.05, 0) is 31.4 Å². The zero-order valence-corrected chi connectivity index (χ0v) is 45.5. The fourth-order valence-electron chi connectivity index (χ4n) is 10.4. The number of fused-ring (bicyclic) bond motifs is 1. The molecule has 2 heterocycles. The van der Waals surface area contributed by atoms with Crippen LogP contribution in [-0.4, -0.2) is 78.2 Å². The van der Waals surface area contributed by atoms with Gasteiger partial charge in [0.15, 0.2) is 12.6 Å². The first-order chi connectivity index (χ1) is 35.4. The minimum Gasteiger partial charge on any atom is -0.456 e. The Bertz CT molecular complexity index is 1600. The Morgan fingerprint density at radius 1 is 0.556 bits per heavy atom. The molecule has 2 aromatic carbocycles. The molecule has 1 unspecified atom stereocenters. The molecule has 3 N–H and O–H groups in total. The van der Waals surface area contributed by atoms with E-state index in [0.29, 0.717) is 18.4 Å². The lowest BCUT2D eigenvalue weighted by molar-refractivity contribution is -0.362. The van der Waals surface area contributed by atoms with Crippen LogP contribution in [0.5, 0.6) is 0 Å². The molecule has 410 valence electrons. The first kappa shape index (κ1) is 61.7. The van der Waals surface area contributed by atoms with Crippen molar-refractivity contribution >= 4 is 11.9 Å². The van der Waals surface area contributed by atoms with Crippen LogP contribution in [0.3, 0.4) is 0 Å². The SMILES string of the molecule is CCCCCCCCCCCCCCCCCCCCCCCC(=O)N[C@@H](CO[C@@H]1O[C@@H]2COC(c3ccccc3)O[C@@H]2[C@H](O)[C@H]1O)[C@@H](CCCCCCCCCCCCCCC)OC(=O)c1ccccc1. The third-order valence-corrected chi connectivity index (χ3v) is 15.0. The van der Waals surface area contributed by atoms with Gasteiger partial charge in [0, 0.05) is 12.0 Å². The molecule has 2 saturated heterocycles. The van der Waals surface area contributed by atoms with Crippen molar-refractivity contribution < 1.29 is 43.5 Å². The number of aliphatic hydroxyl groups excluding tert-OH is 2. The summed E-state index contributed by atoms with van der Waals surface area (Å²) >= 11 is 0. The predicted molar refractivity (Wildman–Crippen MR) is 292 cm³/mol. The van der Waals surface area contributed by atoms with Gasteiger partial charge in [-0.15, -0.1) is 0 Å². The van der Waals surface area contributed by atoms with Gasteiger partial charge in [-0.2, -0.15) is 0 Å². The Kier molecular flexibility index (Phi) is 34.7. The number of hydrogen-bond acceptors (Lipinski definition) is 9. The van der Waals surface area contributed by atoms with Crippen molar-refractivity contribution in [1.82, 2.24) is 5.32 Å². The third-order valence-electron chi connectivity index (χ3n) is 15.0. The van der Waals surface area contributed by atoms with Crippen molar-refractivity contribution in [3.8, 4) is 0 Å². The van der Waals surface area contributed by atoms with Crippen molar-refractivity contribution in [3.05, 3.63) is 71.8 Å². The molecule has 0 bridgehead atoms. The van der Waals surface area contributed by atoms with Gasteiger partial charge in [0.2, 0.25) is 5.91 Å². The van der Waals surface area contributed by atoms with Gasteiger partial charge in [-0.3, -0.25) is 4.79 Å². The molecule has 2 aliphatic rings. The van der Waals surface area contributed by atoms with Crippen molar-refractivity contribution in [1.29, 1.82) is 0 Å². The maximum absolute atomic E-state index is 13.7. The van der Waals surface area contributed by atoms with E-state index in [1.54, 1.807) is 12.1 Å². The molecule has 2 aromatic rings. The zero-order chi connectivity index (χ0) is 51.1. The summed E-state index contributed by atoms with van der Waals surface area (Å²) in [6.07, 6.45) is 37.3. The number of carbonyl (C=O) groups excluding carboxylic acids is 2. The van der Waals surface area contributed by atoms with Crippen molar-refractivity contribution in [2.24, 2.45) is 0 Å². The van der Waals surface area contributed by atoms with E-state index in [2.05, 4.69) is 19.2 Å². The Hall–Kier alpha value is -2.86. The van der Waals surface area contributed by atoms with E-state index in [-0.39, 0.29) is 19.1 Å². The first-order valence-electron chi connectivity index (χ1n) is 29.9. The number of aliphatic hydroxyl groups is 2. The van der Waals surface area contributed by atoms with E-state index in [1.165, 1.54) is 180 Å². The normalized spacial score (nSPS) is 20.7. The number of amides is 1. The Labute approximate surface area is 438 Å². The summed E-state index contributed by atoms with van der Waals surface area (Å²) in [5.74, 6) is -0.589. The van der Waals surface area contributed by atoms with Crippen molar-refractivity contribution in [2.75, 3.05) is 13.2 Å². The molecule has 0 aromatic heterocycles. The van der Waals surface area contributed by atoms with Crippen LogP contribution in [0, 0.1) is 0 Å². The second-order valence-corrected chi connectivity index (χ2v) is 21.4. The van der Waals surface area contributed by atoms with E-state index in [1.807, 2.05) is 48.5 Å². The molecule has 0 radical (unpaired) electrons. The van der Waals surface area contributed by atoms with Crippen LogP contribution in [0.2, 0.25) is 0 Å². The van der Waals surface area contributed by atoms with Gasteiger partial charge in [0.1, 0.15) is 30.5 Å². The van der Waals surface area contributed by atoms with Crippen LogP contribution in [0.4, 0.5) is 0 Å². The highest BCUT2D eigenvalue weighted by Crippen LogP contribution is 2.34. The Balaban J connectivity index is 1.23. The molecular formula is C62H103NO9. The molecule has 1 amide bonds. The molecule has 2 fully saturated rings. The second kappa shape index (κ2) is 40.5. The van der Waals surface area contributed by atoms with Gasteiger partial charge in [0.05, 0.1) is 24.8 Å². The van der Waals surface area contributed by atoms with Gasteiger partial charge >= 0.3 is 5.97 Å². The molecular weight excluding hydrogens is 903 g/mol. The van der Waals surface area contributed by atoms with E-state index >= 15 is 0 Å². The van der Waals surface area contributed by atoms with Gasteiger partial charge < -0.3 is 39.2 Å². The first-order valence-corrected chi connectivity index (χ1v) is 29.9. The van der Waals surface area contributed by atoms with Crippen LogP contribution in [0.1, 0.15) is 267 Å². The monoisotopic (exact) mass is 1010 g/mol. The van der Waals surface area contributed by atoms with Crippen LogP contribution in [0.15, 0.2) is 60.7 Å². The highest BCUT2D eigenvalue weighted by molar-refractivity contribution is 5.89. The molecule has 0 aliphatic carbocycles. The number of nitrogens with one attached hydrogen (secondary N) is 1. The minimum absolute atomic E-state index is 0.101. The molecule has 10 heteroatoms. The summed E-state index contributed by atoms with van der Waals surface area (Å²) < 4.78 is 30.8. The summed E-state index contributed by atoms with van der Waals surface area (Å²) in [5.41, 5.74) is 1.24. The third kappa shape index (κ3) is 26.6. The highest BCUT2D eigenvalue weighted by atomic mass is 16.8. The summed E-state index contributed by atoms with van der Waals surface area (Å²) in [6, 6.07) is 17.7. The minimum atomic E-state index is -1.43. The van der Waals surface area contributed by atoms with Crippen LogP contribution in [-0.2, 0) is 28.5 Å². The lowest BCUT2D eigenvalue weighted by Gasteiger charge is -2.46. The highest BCUT2D eigenvalue weighted by Gasteiger charge is 2.49. The number of ether oxygens (including phenoxy) is 5. The van der Waals surface area contributed by atoms with E-state index in [0.717, 1.165) is 44.1 Å². The second-order valence-electron chi connectivity index (χ2n) is 21.4. The van der Waals surface area contributed by atoms with Crippen LogP contribution in [0.25, 0.3) is 0 Å². The number of carbonyl (C=O) groups is 2. The topological polar surface area (TPSA) is 133 Å². The number of hydrogen-bond donors (Lipinski definition) is 3. The number of benzene rings is 2. The lowest BCUT2D eigenvalue weighted by atomic mass is 9.97. The molecule has 72 heavy (non-hydrogen) atoms. The molecule has 0 spiro atoms. The maximum Gasteiger partial charge on any atom is 0.338 e. The number of rotatable bonds is 44. The number of unbranched alkanes of at least 4 members (excludes halogenated alkanes) is 32. The van der Waals surface area contributed by atoms with Gasteiger partial charge in [-0.25, -0.2) is 4.79 Å². The summed E-state index contributed by atoms with van der Waals surface area (Å²) in [6.45, 7) is 4.57. The van der Waals surface area contributed by atoms with Crippen molar-refractivity contribution in [3.63, 3.8) is 0 Å². The van der Waals surface area contributed by atoms with Gasteiger partial charge in [0.25, 0.3) is 0 Å². The van der Waals surface area contributed by atoms with E-state index < -0.39 is 55.1 Å². The van der Waals surface area contributed by atoms with Crippen LogP contribution < -0.4 is 5.32 Å². The van der Waals surface area contributed by atoms with Crippen molar-refractivity contribution in [2.45, 2.75) is 294 Å². The molecule has 0 saturated carbocycles. The average molecular weight is 1010 g/mol. The summed E-state index contributed by atoms with van der Waals surface area (Å²) in [5, 5.41) is 25.9. The number of esters is 1. The molecule has 2 aliphatic heterocycles. The lowest BCUT2D eigenvalue weighted by Crippen LogP contribution is -2.62. The Morgan fingerprint density at radius 2 is 0.986 bits per heavy atom. The smallest absolute Gasteiger partial charge is 0.338 e. The van der Waals surface area contributed by atoms with E-state index in [9.17, 15) is 19.8 Å². The summed E-state index contributed by atoms with van der Waals surface area (Å²) in [7, 11) is 0. The standard InChI is InChI=1S/C62H103NO9/c1-3-5-7-9-11-13-15-17-18-19-20-21-22-23-24-26-28-30-32-34-42-48-56(64)63-53(49-68-62-58(66)57(65)59-55(71-62)50-69-61(72-59)52-45-39-36-40-46-52)54(70-60(67)51-43-37-35-38-44-51)47-41-33-31-29-27-25-16-14-12-10-8-6-4-2/h35-40,43-46,53-55,57-59,61-62,65-66H,3-34,41-42,47-50H2,1-2H3,(H,63,64)/t53-,54+,55+,57+,58+,59-,61?,62+/m0/s1.